The average Bonchev–Trinajstić information content (AvgIpc) is 3.44. The monoisotopic (exact) mass is 452 g/mol. The number of aromatic nitrogens is 2. The van der Waals surface area contributed by atoms with Crippen molar-refractivity contribution >= 4 is 29.2 Å². The van der Waals surface area contributed by atoms with Gasteiger partial charge in [-0.25, -0.2) is 4.98 Å². The minimum absolute atomic E-state index is 0.0995. The number of rotatable bonds is 6. The topological polar surface area (TPSA) is 88.8 Å². The predicted molar refractivity (Wildman–Crippen MR) is 120 cm³/mol. The number of nitrogens with zero attached hydrogens (tertiary/aromatic N) is 4. The summed E-state index contributed by atoms with van der Waals surface area (Å²) in [5.74, 6) is 0.624. The minimum Gasteiger partial charge on any atom is -0.487 e. The number of carbonyl (C=O) groups is 2. The first-order valence-corrected chi connectivity index (χ1v) is 11.2. The molecule has 1 saturated heterocycles. The molecule has 0 atom stereocenters. The van der Waals surface area contributed by atoms with E-state index in [0.29, 0.717) is 44.2 Å². The van der Waals surface area contributed by atoms with Crippen molar-refractivity contribution in [2.45, 2.75) is 20.5 Å². The lowest BCUT2D eigenvalue weighted by Crippen LogP contribution is -2.50. The van der Waals surface area contributed by atoms with Gasteiger partial charge in [0.25, 0.3) is 5.91 Å². The molecule has 1 fully saturated rings. The number of carbonyl (C=O) groups excluding carboxylic acids is 2. The number of para-hydroxylation sites is 1. The van der Waals surface area contributed by atoms with Crippen LogP contribution in [0.25, 0.3) is 6.08 Å². The molecule has 1 aliphatic heterocycles. The summed E-state index contributed by atoms with van der Waals surface area (Å²) in [5.41, 5.74) is 2.37. The highest BCUT2D eigenvalue weighted by atomic mass is 32.1. The third-order valence-electron chi connectivity index (χ3n) is 5.08. The van der Waals surface area contributed by atoms with Crippen molar-refractivity contribution in [1.29, 1.82) is 0 Å². The van der Waals surface area contributed by atoms with Crippen LogP contribution < -0.4 is 4.74 Å². The molecule has 0 aliphatic carbocycles. The molecule has 9 heteroatoms. The van der Waals surface area contributed by atoms with Crippen LogP contribution in [-0.4, -0.2) is 57.9 Å². The first-order chi connectivity index (χ1) is 15.5. The first-order valence-electron chi connectivity index (χ1n) is 10.3. The Labute approximate surface area is 190 Å². The number of hydrogen-bond donors (Lipinski definition) is 0. The lowest BCUT2D eigenvalue weighted by Gasteiger charge is -2.33. The smallest absolute Gasteiger partial charge is 0.292 e. The second kappa shape index (κ2) is 9.78. The number of amides is 2. The SMILES string of the molecule is Cc1cc(C(=O)N2CCN(C(=O)/C=C/c3ccccc3OCc3csc(C)n3)CC2)on1. The summed E-state index contributed by atoms with van der Waals surface area (Å²) in [6, 6.07) is 9.20. The maximum absolute atomic E-state index is 12.7. The predicted octanol–water partition coefficient (Wildman–Crippen LogP) is 3.32. The summed E-state index contributed by atoms with van der Waals surface area (Å²) >= 11 is 1.59. The van der Waals surface area contributed by atoms with Gasteiger partial charge in [0.2, 0.25) is 11.7 Å². The zero-order valence-electron chi connectivity index (χ0n) is 18.0. The fourth-order valence-corrected chi connectivity index (χ4v) is 3.99. The largest absolute Gasteiger partial charge is 0.487 e. The average molecular weight is 453 g/mol. The van der Waals surface area contributed by atoms with E-state index in [0.717, 1.165) is 16.3 Å². The van der Waals surface area contributed by atoms with Crippen LogP contribution in [0, 0.1) is 13.8 Å². The number of ether oxygens (including phenoxy) is 1. The standard InChI is InChI=1S/C23H24N4O4S/c1-16-13-21(31-25-16)23(29)27-11-9-26(10-12-27)22(28)8-7-18-5-3-4-6-20(18)30-14-19-15-32-17(2)24-19/h3-8,13,15H,9-12,14H2,1-2H3/b8-7+. The fourth-order valence-electron chi connectivity index (χ4n) is 3.39. The first kappa shape index (κ1) is 21.8. The Balaban J connectivity index is 1.32. The number of aryl methyl sites for hydroxylation is 2. The molecule has 0 saturated carbocycles. The molecule has 2 amide bonds. The lowest BCUT2D eigenvalue weighted by atomic mass is 10.2. The van der Waals surface area contributed by atoms with Gasteiger partial charge < -0.3 is 19.1 Å². The van der Waals surface area contributed by atoms with Gasteiger partial charge in [-0.2, -0.15) is 0 Å². The van der Waals surface area contributed by atoms with Crippen LogP contribution in [0.3, 0.4) is 0 Å². The summed E-state index contributed by atoms with van der Waals surface area (Å²) < 4.78 is 11.0. The third kappa shape index (κ3) is 5.23. The van der Waals surface area contributed by atoms with Crippen LogP contribution in [0.5, 0.6) is 5.75 Å². The van der Waals surface area contributed by atoms with Crippen molar-refractivity contribution in [2.24, 2.45) is 0 Å². The maximum Gasteiger partial charge on any atom is 0.292 e. The van der Waals surface area contributed by atoms with Gasteiger partial charge in [-0.3, -0.25) is 9.59 Å². The molecule has 2 aromatic heterocycles. The van der Waals surface area contributed by atoms with E-state index in [2.05, 4.69) is 10.1 Å². The number of hydrogen-bond acceptors (Lipinski definition) is 7. The highest BCUT2D eigenvalue weighted by Gasteiger charge is 2.26. The fraction of sp³-hybridized carbons (Fsp3) is 0.304. The van der Waals surface area contributed by atoms with E-state index in [-0.39, 0.29) is 17.6 Å². The second-order valence-electron chi connectivity index (χ2n) is 7.47. The van der Waals surface area contributed by atoms with Gasteiger partial charge in [-0.1, -0.05) is 23.4 Å². The molecule has 0 spiro atoms. The Bertz CT molecular complexity index is 1130. The van der Waals surface area contributed by atoms with E-state index < -0.39 is 0 Å². The van der Waals surface area contributed by atoms with Crippen molar-refractivity contribution in [3.63, 3.8) is 0 Å². The van der Waals surface area contributed by atoms with E-state index in [1.807, 2.05) is 36.6 Å². The van der Waals surface area contributed by atoms with Gasteiger partial charge in [-0.05, 0) is 26.0 Å². The van der Waals surface area contributed by atoms with Crippen LogP contribution in [0.1, 0.15) is 32.5 Å². The van der Waals surface area contributed by atoms with E-state index >= 15 is 0 Å². The van der Waals surface area contributed by atoms with Gasteiger partial charge in [0, 0.05) is 49.3 Å². The number of benzene rings is 1. The lowest BCUT2D eigenvalue weighted by molar-refractivity contribution is -0.127. The molecule has 1 aromatic carbocycles. The third-order valence-corrected chi connectivity index (χ3v) is 5.91. The van der Waals surface area contributed by atoms with Crippen molar-refractivity contribution < 1.29 is 18.8 Å². The summed E-state index contributed by atoms with van der Waals surface area (Å²) in [5, 5.41) is 6.74. The summed E-state index contributed by atoms with van der Waals surface area (Å²) in [6.45, 7) is 5.93. The van der Waals surface area contributed by atoms with Crippen LogP contribution in [0.4, 0.5) is 0 Å². The second-order valence-corrected chi connectivity index (χ2v) is 8.53. The minimum atomic E-state index is -0.199. The van der Waals surface area contributed by atoms with Crippen LogP contribution >= 0.6 is 11.3 Å². The zero-order chi connectivity index (χ0) is 22.5. The molecule has 166 valence electrons. The molecule has 0 bridgehead atoms. The van der Waals surface area contributed by atoms with E-state index in [1.54, 1.807) is 46.3 Å². The Hall–Kier alpha value is -3.46. The highest BCUT2D eigenvalue weighted by Crippen LogP contribution is 2.21. The molecule has 32 heavy (non-hydrogen) atoms. The van der Waals surface area contributed by atoms with Gasteiger partial charge >= 0.3 is 0 Å². The van der Waals surface area contributed by atoms with Crippen molar-refractivity contribution in [1.82, 2.24) is 19.9 Å². The van der Waals surface area contributed by atoms with E-state index in [9.17, 15) is 9.59 Å². The summed E-state index contributed by atoms with van der Waals surface area (Å²) in [7, 11) is 0. The summed E-state index contributed by atoms with van der Waals surface area (Å²) in [6.07, 6.45) is 3.31. The molecular formula is C23H24N4O4S. The molecule has 3 aromatic rings. The number of piperazine rings is 1. The van der Waals surface area contributed by atoms with Crippen molar-refractivity contribution in [3.05, 3.63) is 69.5 Å². The molecular weight excluding hydrogens is 428 g/mol. The normalized spacial score (nSPS) is 14.2. The summed E-state index contributed by atoms with van der Waals surface area (Å²) in [4.78, 5) is 32.9. The van der Waals surface area contributed by atoms with Gasteiger partial charge in [0.15, 0.2) is 0 Å². The molecule has 8 nitrogen and oxygen atoms in total. The molecule has 3 heterocycles. The molecule has 4 rings (SSSR count). The van der Waals surface area contributed by atoms with Gasteiger partial charge in [0.05, 0.1) is 16.4 Å². The molecule has 0 unspecified atom stereocenters. The van der Waals surface area contributed by atoms with Crippen LogP contribution in [-0.2, 0) is 11.4 Å². The highest BCUT2D eigenvalue weighted by molar-refractivity contribution is 7.09. The quantitative estimate of drug-likeness (QED) is 0.533. The van der Waals surface area contributed by atoms with Crippen LogP contribution in [0.2, 0.25) is 0 Å². The van der Waals surface area contributed by atoms with Crippen LogP contribution in [0.15, 0.2) is 46.3 Å². The Morgan fingerprint density at radius 2 is 1.91 bits per heavy atom. The Morgan fingerprint density at radius 3 is 2.59 bits per heavy atom. The Kier molecular flexibility index (Phi) is 6.65. The maximum atomic E-state index is 12.7. The van der Waals surface area contributed by atoms with Crippen molar-refractivity contribution in [3.8, 4) is 5.75 Å². The van der Waals surface area contributed by atoms with Gasteiger partial charge in [0.1, 0.15) is 12.4 Å². The van der Waals surface area contributed by atoms with E-state index in [1.165, 1.54) is 0 Å². The molecule has 0 radical (unpaired) electrons. The van der Waals surface area contributed by atoms with E-state index in [4.69, 9.17) is 9.26 Å². The number of thiazole rings is 1. The Morgan fingerprint density at radius 1 is 1.16 bits per heavy atom. The zero-order valence-corrected chi connectivity index (χ0v) is 18.8. The van der Waals surface area contributed by atoms with Crippen molar-refractivity contribution in [2.75, 3.05) is 26.2 Å². The molecule has 1 aliphatic rings. The van der Waals surface area contributed by atoms with Gasteiger partial charge in [-0.15, -0.1) is 11.3 Å². The molecule has 0 N–H and O–H groups in total.